The number of aliphatic imine (C=N–C) groups is 1. The first-order chi connectivity index (χ1) is 15.8. The number of methoxy groups -OCH3 is 1. The number of nitrogens with zero attached hydrogens (tertiary/aromatic N) is 2. The summed E-state index contributed by atoms with van der Waals surface area (Å²) in [6.07, 6.45) is 1.00. The molecule has 2 aliphatic heterocycles. The van der Waals surface area contributed by atoms with Gasteiger partial charge < -0.3 is 24.8 Å². The number of hydrogen-bond donors (Lipinski definition) is 2. The van der Waals surface area contributed by atoms with Crippen LogP contribution in [0.3, 0.4) is 0 Å². The lowest BCUT2D eigenvalue weighted by atomic mass is 9.93. The molecule has 0 saturated carbocycles. The van der Waals surface area contributed by atoms with Gasteiger partial charge in [0.05, 0.1) is 33.0 Å². The molecule has 0 spiro atoms. The van der Waals surface area contributed by atoms with E-state index in [4.69, 9.17) is 14.2 Å². The minimum Gasteiger partial charge on any atom is -0.497 e. The number of guanidine groups is 1. The van der Waals surface area contributed by atoms with Crippen LogP contribution in [0.4, 0.5) is 0 Å². The number of hydrogen-bond acceptors (Lipinski definition) is 5. The molecule has 8 heteroatoms. The van der Waals surface area contributed by atoms with Gasteiger partial charge in [0.2, 0.25) is 0 Å². The lowest BCUT2D eigenvalue weighted by Crippen LogP contribution is -2.47. The number of benzene rings is 2. The summed E-state index contributed by atoms with van der Waals surface area (Å²) in [4.78, 5) is 6.94. The van der Waals surface area contributed by atoms with Gasteiger partial charge in [-0.25, -0.2) is 0 Å². The van der Waals surface area contributed by atoms with E-state index in [-0.39, 0.29) is 30.0 Å². The third kappa shape index (κ3) is 6.74. The van der Waals surface area contributed by atoms with E-state index >= 15 is 0 Å². The fourth-order valence-corrected chi connectivity index (χ4v) is 4.43. The first kappa shape index (κ1) is 25.6. The molecular formula is C25H35IN4O3. The van der Waals surface area contributed by atoms with Crippen LogP contribution >= 0.6 is 24.0 Å². The topological polar surface area (TPSA) is 67.4 Å². The van der Waals surface area contributed by atoms with Gasteiger partial charge in [-0.2, -0.15) is 0 Å². The largest absolute Gasteiger partial charge is 0.497 e. The Bertz CT molecular complexity index is 887. The number of para-hydroxylation sites is 1. The fourth-order valence-electron chi connectivity index (χ4n) is 4.43. The summed E-state index contributed by atoms with van der Waals surface area (Å²) in [7, 11) is 3.52. The van der Waals surface area contributed by atoms with Crippen LogP contribution in [-0.2, 0) is 4.74 Å². The van der Waals surface area contributed by atoms with Crippen LogP contribution in [-0.4, -0.2) is 71.0 Å². The molecule has 0 amide bonds. The van der Waals surface area contributed by atoms with Crippen molar-refractivity contribution in [1.29, 1.82) is 0 Å². The zero-order valence-electron chi connectivity index (χ0n) is 19.5. The number of ether oxygens (including phenoxy) is 3. The summed E-state index contributed by atoms with van der Waals surface area (Å²) < 4.78 is 16.7. The van der Waals surface area contributed by atoms with Gasteiger partial charge >= 0.3 is 0 Å². The first-order valence-corrected chi connectivity index (χ1v) is 11.4. The monoisotopic (exact) mass is 566 g/mol. The summed E-state index contributed by atoms with van der Waals surface area (Å²) in [5.41, 5.74) is 2.53. The third-order valence-electron chi connectivity index (χ3n) is 6.27. The van der Waals surface area contributed by atoms with Crippen LogP contribution in [0.1, 0.15) is 29.5 Å². The van der Waals surface area contributed by atoms with Gasteiger partial charge in [-0.05, 0) is 35.7 Å². The highest BCUT2D eigenvalue weighted by molar-refractivity contribution is 14.0. The number of morpholine rings is 1. The Morgan fingerprint density at radius 1 is 1.09 bits per heavy atom. The molecule has 2 aromatic rings. The average Bonchev–Trinajstić information content (AvgIpc) is 2.87. The van der Waals surface area contributed by atoms with E-state index in [0.29, 0.717) is 5.92 Å². The highest BCUT2D eigenvalue weighted by atomic mass is 127. The quantitative estimate of drug-likeness (QED) is 0.304. The maximum absolute atomic E-state index is 5.80. The molecule has 180 valence electrons. The fraction of sp³-hybridized carbons (Fsp3) is 0.480. The van der Waals surface area contributed by atoms with Crippen molar-refractivity contribution < 1.29 is 14.2 Å². The van der Waals surface area contributed by atoms with Crippen LogP contribution in [0, 0.1) is 0 Å². The van der Waals surface area contributed by atoms with Crippen molar-refractivity contribution in [3.63, 3.8) is 0 Å². The lowest BCUT2D eigenvalue weighted by molar-refractivity contribution is 0.0170. The van der Waals surface area contributed by atoms with Crippen LogP contribution in [0.25, 0.3) is 0 Å². The van der Waals surface area contributed by atoms with Crippen molar-refractivity contribution in [3.8, 4) is 11.5 Å². The van der Waals surface area contributed by atoms with E-state index in [9.17, 15) is 0 Å². The third-order valence-corrected chi connectivity index (χ3v) is 6.27. The summed E-state index contributed by atoms with van der Waals surface area (Å²) >= 11 is 0. The van der Waals surface area contributed by atoms with E-state index in [1.807, 2.05) is 25.2 Å². The molecule has 1 saturated heterocycles. The van der Waals surface area contributed by atoms with E-state index < -0.39 is 0 Å². The van der Waals surface area contributed by atoms with Crippen molar-refractivity contribution >= 4 is 29.9 Å². The van der Waals surface area contributed by atoms with Gasteiger partial charge in [0.1, 0.15) is 11.5 Å². The molecule has 0 radical (unpaired) electrons. The Morgan fingerprint density at radius 3 is 2.58 bits per heavy atom. The second-order valence-electron chi connectivity index (χ2n) is 8.14. The maximum atomic E-state index is 5.80. The molecule has 33 heavy (non-hydrogen) atoms. The maximum Gasteiger partial charge on any atom is 0.191 e. The van der Waals surface area contributed by atoms with Crippen molar-refractivity contribution in [2.45, 2.75) is 18.4 Å². The van der Waals surface area contributed by atoms with Gasteiger partial charge in [-0.1, -0.05) is 30.3 Å². The van der Waals surface area contributed by atoms with Crippen molar-refractivity contribution in [3.05, 3.63) is 59.7 Å². The second kappa shape index (κ2) is 13.0. The number of nitrogens with one attached hydrogen (secondary N) is 2. The minimum absolute atomic E-state index is 0. The Balaban J connectivity index is 0.00000306. The van der Waals surface area contributed by atoms with Gasteiger partial charge in [0, 0.05) is 39.1 Å². The second-order valence-corrected chi connectivity index (χ2v) is 8.14. The highest BCUT2D eigenvalue weighted by Gasteiger charge is 2.24. The molecular weight excluding hydrogens is 531 g/mol. The predicted octanol–water partition coefficient (Wildman–Crippen LogP) is 3.42. The van der Waals surface area contributed by atoms with E-state index in [2.05, 4.69) is 50.9 Å². The molecule has 2 atom stereocenters. The van der Waals surface area contributed by atoms with Crippen molar-refractivity contribution in [2.75, 3.05) is 60.2 Å². The van der Waals surface area contributed by atoms with E-state index in [0.717, 1.165) is 69.9 Å². The lowest BCUT2D eigenvalue weighted by Gasteiger charge is -2.35. The van der Waals surface area contributed by atoms with Crippen LogP contribution in [0.2, 0.25) is 0 Å². The Kier molecular flexibility index (Phi) is 10.1. The normalized spacial score (nSPS) is 19.5. The number of halogens is 1. The smallest absolute Gasteiger partial charge is 0.191 e. The van der Waals surface area contributed by atoms with Crippen LogP contribution < -0.4 is 20.1 Å². The molecule has 2 aliphatic rings. The van der Waals surface area contributed by atoms with Crippen molar-refractivity contribution in [1.82, 2.24) is 15.5 Å². The van der Waals surface area contributed by atoms with Crippen LogP contribution in [0.5, 0.6) is 11.5 Å². The summed E-state index contributed by atoms with van der Waals surface area (Å²) in [5.74, 6) is 3.10. The molecule has 0 aliphatic carbocycles. The Labute approximate surface area is 213 Å². The summed E-state index contributed by atoms with van der Waals surface area (Å²) in [6.45, 7) is 5.71. The molecule has 7 nitrogen and oxygen atoms in total. The van der Waals surface area contributed by atoms with E-state index in [1.165, 1.54) is 11.1 Å². The molecule has 1 fully saturated rings. The van der Waals surface area contributed by atoms with Crippen molar-refractivity contribution in [2.24, 2.45) is 4.99 Å². The van der Waals surface area contributed by atoms with Gasteiger partial charge in [-0.15, -0.1) is 24.0 Å². The molecule has 0 aromatic heterocycles. The van der Waals surface area contributed by atoms with Gasteiger partial charge in [0.15, 0.2) is 5.96 Å². The molecule has 2 heterocycles. The molecule has 2 unspecified atom stereocenters. The predicted molar refractivity (Wildman–Crippen MR) is 142 cm³/mol. The number of rotatable bonds is 7. The molecule has 4 rings (SSSR count). The molecule has 0 bridgehead atoms. The zero-order valence-corrected chi connectivity index (χ0v) is 21.8. The minimum atomic E-state index is 0. The standard InChI is InChI=1S/C25H34N4O3.HI/c1-26-25(27-17-20-11-14-32-24-6-4-3-5-22(20)24)28-18-23(29-12-15-31-16-13-29)19-7-9-21(30-2)10-8-19;/h3-10,20,23H,11-18H2,1-2H3,(H2,26,27,28);1H. The SMILES string of the molecule is CN=C(NCC1CCOc2ccccc21)NCC(c1ccc(OC)cc1)N1CCOCC1.I. The molecule has 2 N–H and O–H groups in total. The summed E-state index contributed by atoms with van der Waals surface area (Å²) in [5, 5.41) is 7.08. The number of fused-ring (bicyclic) bond motifs is 1. The summed E-state index contributed by atoms with van der Waals surface area (Å²) in [6, 6.07) is 16.9. The van der Waals surface area contributed by atoms with Crippen LogP contribution in [0.15, 0.2) is 53.5 Å². The van der Waals surface area contributed by atoms with Gasteiger partial charge in [0.25, 0.3) is 0 Å². The van der Waals surface area contributed by atoms with Gasteiger partial charge in [-0.3, -0.25) is 9.89 Å². The first-order valence-electron chi connectivity index (χ1n) is 11.4. The zero-order chi connectivity index (χ0) is 22.2. The average molecular weight is 566 g/mol. The molecule has 2 aromatic carbocycles. The highest BCUT2D eigenvalue weighted by Crippen LogP contribution is 2.32. The Morgan fingerprint density at radius 2 is 1.85 bits per heavy atom. The Hall–Kier alpha value is -2.04. The van der Waals surface area contributed by atoms with E-state index in [1.54, 1.807) is 7.11 Å².